The van der Waals surface area contributed by atoms with Gasteiger partial charge >= 0.3 is 0 Å². The van der Waals surface area contributed by atoms with Gasteiger partial charge in [-0.05, 0) is 43.1 Å². The fraction of sp³-hybridized carbons (Fsp3) is 0.471. The van der Waals surface area contributed by atoms with E-state index in [9.17, 15) is 0 Å². The molecule has 2 saturated carbocycles. The van der Waals surface area contributed by atoms with E-state index >= 15 is 0 Å². The number of halogens is 1. The molecule has 0 spiro atoms. The molecule has 0 amide bonds. The van der Waals surface area contributed by atoms with E-state index in [-0.39, 0.29) is 0 Å². The fourth-order valence-electron chi connectivity index (χ4n) is 4.29. The topological polar surface area (TPSA) is 52.0 Å². The Morgan fingerprint density at radius 1 is 1.24 bits per heavy atom. The monoisotopic (exact) mass is 346 g/mol. The second-order valence-corrected chi connectivity index (χ2v) is 7.34. The molecule has 2 bridgehead atoms. The summed E-state index contributed by atoms with van der Waals surface area (Å²) >= 11 is 3.61. The highest BCUT2D eigenvalue weighted by atomic mass is 79.9. The second-order valence-electron chi connectivity index (χ2n) is 6.48. The van der Waals surface area contributed by atoms with Gasteiger partial charge in [-0.1, -0.05) is 45.7 Å². The van der Waals surface area contributed by atoms with Crippen molar-refractivity contribution in [3.05, 3.63) is 34.5 Å². The van der Waals surface area contributed by atoms with Crippen molar-refractivity contribution in [3.8, 4) is 11.1 Å². The molecule has 21 heavy (non-hydrogen) atoms. The number of rotatable bonds is 3. The zero-order valence-electron chi connectivity index (χ0n) is 11.9. The molecule has 4 heteroatoms. The van der Waals surface area contributed by atoms with Crippen molar-refractivity contribution in [1.29, 1.82) is 0 Å². The van der Waals surface area contributed by atoms with Gasteiger partial charge in [0.25, 0.3) is 0 Å². The first-order valence-corrected chi connectivity index (χ1v) is 8.50. The van der Waals surface area contributed by atoms with Gasteiger partial charge in [0.2, 0.25) is 0 Å². The van der Waals surface area contributed by atoms with E-state index in [2.05, 4.69) is 27.2 Å². The van der Waals surface area contributed by atoms with Gasteiger partial charge in [0.05, 0.1) is 5.56 Å². The first-order valence-electron chi connectivity index (χ1n) is 7.71. The number of nitrogens with two attached hydrogens (primary N) is 1. The smallest absolute Gasteiger partial charge is 0.175 e. The highest BCUT2D eigenvalue weighted by Gasteiger charge is 2.40. The average molecular weight is 347 g/mol. The molecule has 1 aromatic carbocycles. The summed E-state index contributed by atoms with van der Waals surface area (Å²) in [4.78, 5) is 0. The van der Waals surface area contributed by atoms with Gasteiger partial charge < -0.3 is 10.3 Å². The molecule has 2 N–H and O–H groups in total. The third-order valence-electron chi connectivity index (χ3n) is 5.26. The van der Waals surface area contributed by atoms with Gasteiger partial charge in [-0.2, -0.15) is 0 Å². The number of hydrogen-bond donors (Lipinski definition) is 1. The molecule has 2 aliphatic carbocycles. The maximum Gasteiger partial charge on any atom is 0.175 e. The van der Waals surface area contributed by atoms with Crippen LogP contribution >= 0.6 is 15.9 Å². The predicted molar refractivity (Wildman–Crippen MR) is 86.7 cm³/mol. The molecule has 2 aromatic rings. The number of fused-ring (bicyclic) bond motifs is 2. The van der Waals surface area contributed by atoms with E-state index in [1.165, 1.54) is 25.7 Å². The Labute approximate surface area is 133 Å². The standard InChI is InChI=1S/C17H19BrN2O/c18-14-4-2-1-3-13(14)16-15(21-20-17(16)19)9-12-8-10-5-6-11(12)7-10/h1-4,10-12H,5-9H2,(H2,19,20). The Balaban J connectivity index is 1.66. The summed E-state index contributed by atoms with van der Waals surface area (Å²) in [7, 11) is 0. The van der Waals surface area contributed by atoms with Crippen molar-refractivity contribution in [3.63, 3.8) is 0 Å². The van der Waals surface area contributed by atoms with Crippen LogP contribution in [0.2, 0.25) is 0 Å². The Bertz CT molecular complexity index is 667. The van der Waals surface area contributed by atoms with E-state index in [0.717, 1.165) is 45.5 Å². The lowest BCUT2D eigenvalue weighted by Crippen LogP contribution is -2.13. The van der Waals surface area contributed by atoms with Gasteiger partial charge in [-0.25, -0.2) is 0 Å². The molecule has 1 aromatic heterocycles. The molecule has 0 saturated heterocycles. The minimum atomic E-state index is 0.500. The first kappa shape index (κ1) is 13.4. The third-order valence-corrected chi connectivity index (χ3v) is 5.96. The lowest BCUT2D eigenvalue weighted by Gasteiger charge is -2.20. The number of hydrogen-bond acceptors (Lipinski definition) is 3. The zero-order chi connectivity index (χ0) is 14.4. The highest BCUT2D eigenvalue weighted by molar-refractivity contribution is 9.10. The van der Waals surface area contributed by atoms with E-state index in [1.807, 2.05) is 18.2 Å². The molecule has 3 nitrogen and oxygen atoms in total. The van der Waals surface area contributed by atoms with Crippen molar-refractivity contribution < 1.29 is 4.52 Å². The Morgan fingerprint density at radius 2 is 2.10 bits per heavy atom. The summed E-state index contributed by atoms with van der Waals surface area (Å²) in [6, 6.07) is 8.13. The molecule has 3 unspecified atom stereocenters. The molecular formula is C17H19BrN2O. The van der Waals surface area contributed by atoms with Gasteiger partial charge in [0, 0.05) is 16.5 Å². The molecule has 110 valence electrons. The Morgan fingerprint density at radius 3 is 2.81 bits per heavy atom. The Hall–Kier alpha value is -1.29. The van der Waals surface area contributed by atoms with Crippen LogP contribution in [-0.2, 0) is 6.42 Å². The van der Waals surface area contributed by atoms with Crippen molar-refractivity contribution in [2.45, 2.75) is 32.1 Å². The lowest BCUT2D eigenvalue weighted by atomic mass is 9.85. The Kier molecular flexibility index (Phi) is 3.29. The number of aromatic nitrogens is 1. The summed E-state index contributed by atoms with van der Waals surface area (Å²) in [5, 5.41) is 4.02. The highest BCUT2D eigenvalue weighted by Crippen LogP contribution is 2.50. The average Bonchev–Trinajstić information content (AvgIpc) is 3.17. The van der Waals surface area contributed by atoms with E-state index < -0.39 is 0 Å². The summed E-state index contributed by atoms with van der Waals surface area (Å²) in [6.45, 7) is 0. The van der Waals surface area contributed by atoms with E-state index in [1.54, 1.807) is 0 Å². The maximum absolute atomic E-state index is 6.07. The molecule has 0 aliphatic heterocycles. The van der Waals surface area contributed by atoms with Crippen LogP contribution in [0.3, 0.4) is 0 Å². The van der Waals surface area contributed by atoms with Gasteiger partial charge in [0.15, 0.2) is 5.82 Å². The third kappa shape index (κ3) is 2.30. The number of nitrogen functional groups attached to an aromatic ring is 1. The molecule has 3 atom stereocenters. The molecule has 1 heterocycles. The van der Waals surface area contributed by atoms with Gasteiger partial charge in [-0.15, -0.1) is 0 Å². The molecule has 2 aliphatic rings. The van der Waals surface area contributed by atoms with Crippen LogP contribution in [0.5, 0.6) is 0 Å². The van der Waals surface area contributed by atoms with E-state index in [4.69, 9.17) is 10.3 Å². The van der Waals surface area contributed by atoms with Crippen LogP contribution in [0.15, 0.2) is 33.3 Å². The lowest BCUT2D eigenvalue weighted by molar-refractivity contribution is 0.294. The number of anilines is 1. The summed E-state index contributed by atoms with van der Waals surface area (Å²) in [5.74, 6) is 4.04. The molecule has 2 fully saturated rings. The van der Waals surface area contributed by atoms with Crippen LogP contribution in [-0.4, -0.2) is 5.16 Å². The number of nitrogens with zero attached hydrogens (tertiary/aromatic N) is 1. The number of benzene rings is 1. The fourth-order valence-corrected chi connectivity index (χ4v) is 4.78. The predicted octanol–water partition coefficient (Wildman–Crippen LogP) is 4.67. The molecule has 0 radical (unpaired) electrons. The second kappa shape index (κ2) is 5.16. The minimum absolute atomic E-state index is 0.500. The van der Waals surface area contributed by atoms with Crippen LogP contribution in [0.4, 0.5) is 5.82 Å². The normalized spacial score (nSPS) is 27.4. The van der Waals surface area contributed by atoms with Crippen molar-refractivity contribution in [2.75, 3.05) is 5.73 Å². The van der Waals surface area contributed by atoms with E-state index in [0.29, 0.717) is 5.82 Å². The summed E-state index contributed by atoms with van der Waals surface area (Å²) < 4.78 is 6.61. The molecule has 4 rings (SSSR count). The quantitative estimate of drug-likeness (QED) is 0.878. The SMILES string of the molecule is Nc1noc(CC2CC3CCC2C3)c1-c1ccccc1Br. The first-order chi connectivity index (χ1) is 10.2. The van der Waals surface area contributed by atoms with Gasteiger partial charge in [-0.3, -0.25) is 0 Å². The van der Waals surface area contributed by atoms with Crippen LogP contribution < -0.4 is 5.73 Å². The summed E-state index contributed by atoms with van der Waals surface area (Å²) in [6.07, 6.45) is 6.56. The van der Waals surface area contributed by atoms with Crippen LogP contribution in [0.25, 0.3) is 11.1 Å². The molecular weight excluding hydrogens is 328 g/mol. The largest absolute Gasteiger partial charge is 0.380 e. The van der Waals surface area contributed by atoms with Gasteiger partial charge in [0.1, 0.15) is 5.76 Å². The zero-order valence-corrected chi connectivity index (χ0v) is 13.5. The minimum Gasteiger partial charge on any atom is -0.380 e. The summed E-state index contributed by atoms with van der Waals surface area (Å²) in [5.41, 5.74) is 8.12. The van der Waals surface area contributed by atoms with Crippen LogP contribution in [0, 0.1) is 17.8 Å². The van der Waals surface area contributed by atoms with Crippen LogP contribution in [0.1, 0.15) is 31.4 Å². The van der Waals surface area contributed by atoms with Crippen molar-refractivity contribution in [1.82, 2.24) is 5.16 Å². The van der Waals surface area contributed by atoms with Crippen molar-refractivity contribution >= 4 is 21.7 Å². The maximum atomic E-state index is 6.07. The van der Waals surface area contributed by atoms with Crippen molar-refractivity contribution in [2.24, 2.45) is 17.8 Å².